The van der Waals surface area contributed by atoms with Gasteiger partial charge in [0.25, 0.3) is 0 Å². The number of sulfone groups is 1. The third-order valence-electron chi connectivity index (χ3n) is 6.11. The average molecular weight is 563 g/mol. The zero-order valence-electron chi connectivity index (χ0n) is 18.4. The second kappa shape index (κ2) is 13.3. The molecule has 2 aromatic rings. The van der Waals surface area contributed by atoms with Crippen LogP contribution in [0.4, 0.5) is 4.39 Å². The van der Waals surface area contributed by atoms with E-state index in [2.05, 4.69) is 15.6 Å². The maximum Gasteiger partial charge on any atom is 0.152 e. The standard InChI is InChI=1S/C20H28FN5O4S.3ClH/c21-16-3-1-14(2-4-16)10-22-18-9-15(19(27)20(18)28)11-26-13-17(23-24-26)12-25-5-7-31(29,30)8-6-25;;;/h1-4,13,15,18-20,22,27-28H,5-12H2;3*1H/t15-,18-,19-,20+;;;/m1.../s1. The van der Waals surface area contributed by atoms with E-state index in [1.165, 1.54) is 12.1 Å². The number of aliphatic hydroxyl groups is 2. The topological polar surface area (TPSA) is 121 Å². The number of aromatic nitrogens is 3. The van der Waals surface area contributed by atoms with E-state index < -0.39 is 22.0 Å². The van der Waals surface area contributed by atoms with Gasteiger partial charge in [-0.1, -0.05) is 17.3 Å². The van der Waals surface area contributed by atoms with Crippen molar-refractivity contribution in [2.75, 3.05) is 24.6 Å². The number of rotatable bonds is 7. The van der Waals surface area contributed by atoms with Gasteiger partial charge in [-0.25, -0.2) is 12.8 Å². The van der Waals surface area contributed by atoms with Gasteiger partial charge in [-0.2, -0.15) is 0 Å². The summed E-state index contributed by atoms with van der Waals surface area (Å²) in [6, 6.07) is 5.89. The van der Waals surface area contributed by atoms with Gasteiger partial charge in [-0.05, 0) is 24.1 Å². The molecule has 0 bridgehead atoms. The molecule has 1 aromatic carbocycles. The van der Waals surface area contributed by atoms with Crippen LogP contribution in [0.25, 0.3) is 0 Å². The smallest absolute Gasteiger partial charge is 0.152 e. The van der Waals surface area contributed by atoms with Gasteiger partial charge >= 0.3 is 0 Å². The van der Waals surface area contributed by atoms with Crippen molar-refractivity contribution in [2.24, 2.45) is 5.92 Å². The van der Waals surface area contributed by atoms with Crippen molar-refractivity contribution in [3.63, 3.8) is 0 Å². The molecule has 4 atom stereocenters. The van der Waals surface area contributed by atoms with Crippen LogP contribution in [-0.4, -0.2) is 81.4 Å². The normalized spacial score (nSPS) is 26.2. The van der Waals surface area contributed by atoms with Crippen LogP contribution in [0.15, 0.2) is 30.5 Å². The number of hydrogen-bond donors (Lipinski definition) is 3. The maximum atomic E-state index is 13.0. The molecule has 0 amide bonds. The molecule has 1 aromatic heterocycles. The second-order valence-corrected chi connectivity index (χ2v) is 10.8. The third-order valence-corrected chi connectivity index (χ3v) is 7.72. The number of halogens is 4. The van der Waals surface area contributed by atoms with Crippen LogP contribution < -0.4 is 5.32 Å². The summed E-state index contributed by atoms with van der Waals surface area (Å²) in [6.07, 6.45) is 0.596. The molecular formula is C20H31Cl3FN5O4S. The molecule has 0 spiro atoms. The van der Waals surface area contributed by atoms with Gasteiger partial charge in [0.1, 0.15) is 5.82 Å². The lowest BCUT2D eigenvalue weighted by molar-refractivity contribution is 0.00722. The van der Waals surface area contributed by atoms with Gasteiger partial charge in [0.2, 0.25) is 0 Å². The molecule has 4 rings (SSSR count). The van der Waals surface area contributed by atoms with Crippen LogP contribution in [0.5, 0.6) is 0 Å². The SMILES string of the molecule is Cl.Cl.Cl.O=S1(=O)CCN(Cc2cn(C[C@H]3C[C@@H](NCc4ccc(F)cc4)[C@H](O)[C@@H]3O)nn2)CC1. The summed E-state index contributed by atoms with van der Waals surface area (Å²) >= 11 is 0. The van der Waals surface area contributed by atoms with Crippen molar-refractivity contribution in [1.82, 2.24) is 25.2 Å². The molecular weight excluding hydrogens is 532 g/mol. The summed E-state index contributed by atoms with van der Waals surface area (Å²) < 4.78 is 37.8. The minimum absolute atomic E-state index is 0. The molecule has 1 aliphatic carbocycles. The van der Waals surface area contributed by atoms with Crippen molar-refractivity contribution in [3.05, 3.63) is 47.5 Å². The molecule has 1 aliphatic heterocycles. The van der Waals surface area contributed by atoms with E-state index in [-0.39, 0.29) is 66.5 Å². The fourth-order valence-electron chi connectivity index (χ4n) is 4.24. The van der Waals surface area contributed by atoms with E-state index in [0.717, 1.165) is 11.3 Å². The second-order valence-electron chi connectivity index (χ2n) is 8.45. The quantitative estimate of drug-likeness (QED) is 0.454. The first kappa shape index (κ1) is 31.0. The lowest BCUT2D eigenvalue weighted by Gasteiger charge is -2.25. The molecule has 3 N–H and O–H groups in total. The minimum atomic E-state index is -2.92. The lowest BCUT2D eigenvalue weighted by Crippen LogP contribution is -2.39. The molecule has 0 unspecified atom stereocenters. The summed E-state index contributed by atoms with van der Waals surface area (Å²) in [5.74, 6) is -0.146. The van der Waals surface area contributed by atoms with E-state index >= 15 is 0 Å². The zero-order chi connectivity index (χ0) is 22.0. The van der Waals surface area contributed by atoms with Crippen molar-refractivity contribution >= 4 is 47.1 Å². The Morgan fingerprint density at radius 2 is 1.71 bits per heavy atom. The molecule has 2 aliphatic rings. The molecule has 14 heteroatoms. The number of nitrogens with zero attached hydrogens (tertiary/aromatic N) is 4. The summed E-state index contributed by atoms with van der Waals surface area (Å²) in [7, 11) is -2.92. The Balaban J connectivity index is 0.00000193. The Kier molecular flexibility index (Phi) is 12.1. The first-order chi connectivity index (χ1) is 14.8. The Labute approximate surface area is 217 Å². The first-order valence-corrected chi connectivity index (χ1v) is 12.3. The molecule has 34 heavy (non-hydrogen) atoms. The number of hydrogen-bond acceptors (Lipinski definition) is 8. The van der Waals surface area contributed by atoms with Crippen LogP contribution in [0.3, 0.4) is 0 Å². The van der Waals surface area contributed by atoms with Crippen LogP contribution in [0, 0.1) is 11.7 Å². The number of benzene rings is 1. The first-order valence-electron chi connectivity index (χ1n) is 10.4. The molecule has 194 valence electrons. The van der Waals surface area contributed by atoms with Gasteiger partial charge in [0.15, 0.2) is 9.84 Å². The van der Waals surface area contributed by atoms with E-state index in [0.29, 0.717) is 39.1 Å². The van der Waals surface area contributed by atoms with Gasteiger partial charge in [0, 0.05) is 50.9 Å². The highest BCUT2D eigenvalue weighted by Crippen LogP contribution is 2.28. The fourth-order valence-corrected chi connectivity index (χ4v) is 5.51. The molecule has 2 fully saturated rings. The van der Waals surface area contributed by atoms with Gasteiger partial charge in [0.05, 0.1) is 29.4 Å². The van der Waals surface area contributed by atoms with E-state index in [4.69, 9.17) is 0 Å². The summed E-state index contributed by atoms with van der Waals surface area (Å²) in [6.45, 7) is 2.41. The third kappa shape index (κ3) is 7.99. The number of aliphatic hydroxyl groups excluding tert-OH is 2. The summed E-state index contributed by atoms with van der Waals surface area (Å²) in [5.41, 5.74) is 1.65. The fraction of sp³-hybridized carbons (Fsp3) is 0.600. The molecule has 9 nitrogen and oxygen atoms in total. The number of nitrogens with one attached hydrogen (secondary N) is 1. The average Bonchev–Trinajstić information content (AvgIpc) is 3.29. The zero-order valence-corrected chi connectivity index (χ0v) is 21.6. The van der Waals surface area contributed by atoms with Crippen LogP contribution in [0.2, 0.25) is 0 Å². The summed E-state index contributed by atoms with van der Waals surface area (Å²) in [4.78, 5) is 2.04. The van der Waals surface area contributed by atoms with E-state index in [1.807, 2.05) is 11.1 Å². The van der Waals surface area contributed by atoms with Gasteiger partial charge in [-0.3, -0.25) is 9.58 Å². The molecule has 0 radical (unpaired) electrons. The Bertz CT molecular complexity index is 984. The highest BCUT2D eigenvalue weighted by Gasteiger charge is 2.41. The van der Waals surface area contributed by atoms with E-state index in [1.54, 1.807) is 16.8 Å². The molecule has 2 heterocycles. The Morgan fingerprint density at radius 3 is 2.35 bits per heavy atom. The lowest BCUT2D eigenvalue weighted by atomic mass is 10.1. The predicted molar refractivity (Wildman–Crippen MR) is 133 cm³/mol. The van der Waals surface area contributed by atoms with Crippen LogP contribution in [-0.2, 0) is 29.5 Å². The predicted octanol–water partition coefficient (Wildman–Crippen LogP) is 0.813. The van der Waals surface area contributed by atoms with Crippen LogP contribution in [0.1, 0.15) is 17.7 Å². The maximum absolute atomic E-state index is 13.0. The van der Waals surface area contributed by atoms with Crippen molar-refractivity contribution in [1.29, 1.82) is 0 Å². The summed E-state index contributed by atoms with van der Waals surface area (Å²) in [5, 5.41) is 32.4. The van der Waals surface area contributed by atoms with Crippen molar-refractivity contribution < 1.29 is 23.0 Å². The largest absolute Gasteiger partial charge is 0.390 e. The minimum Gasteiger partial charge on any atom is -0.390 e. The monoisotopic (exact) mass is 561 g/mol. The van der Waals surface area contributed by atoms with Gasteiger partial charge < -0.3 is 15.5 Å². The highest BCUT2D eigenvalue weighted by molar-refractivity contribution is 7.91. The van der Waals surface area contributed by atoms with Gasteiger partial charge in [-0.15, -0.1) is 42.3 Å². The molecule has 1 saturated carbocycles. The van der Waals surface area contributed by atoms with Crippen molar-refractivity contribution in [2.45, 2.75) is 44.3 Å². The Hall–Kier alpha value is -1.05. The van der Waals surface area contributed by atoms with E-state index in [9.17, 15) is 23.0 Å². The molecule has 1 saturated heterocycles. The highest BCUT2D eigenvalue weighted by atomic mass is 35.5. The van der Waals surface area contributed by atoms with Crippen molar-refractivity contribution in [3.8, 4) is 0 Å². The van der Waals surface area contributed by atoms with Crippen LogP contribution >= 0.6 is 37.2 Å². The Morgan fingerprint density at radius 1 is 1.06 bits per heavy atom.